The summed E-state index contributed by atoms with van der Waals surface area (Å²) in [7, 11) is 0. The van der Waals surface area contributed by atoms with Crippen LogP contribution < -0.4 is 5.32 Å². The number of hydrogen-bond acceptors (Lipinski definition) is 5. The van der Waals surface area contributed by atoms with Gasteiger partial charge in [0.15, 0.2) is 0 Å². The van der Waals surface area contributed by atoms with Crippen molar-refractivity contribution in [1.82, 2.24) is 9.88 Å². The lowest BCUT2D eigenvalue weighted by Gasteiger charge is -2.26. The molecule has 1 aromatic carbocycles. The van der Waals surface area contributed by atoms with Crippen LogP contribution in [0.15, 0.2) is 34.7 Å². The van der Waals surface area contributed by atoms with Crippen molar-refractivity contribution in [2.24, 2.45) is 0 Å². The summed E-state index contributed by atoms with van der Waals surface area (Å²) in [4.78, 5) is 6.89. The van der Waals surface area contributed by atoms with Crippen LogP contribution in [-0.4, -0.2) is 36.1 Å². The summed E-state index contributed by atoms with van der Waals surface area (Å²) in [6, 6.07) is 12.6. The van der Waals surface area contributed by atoms with Gasteiger partial charge in [-0.15, -0.1) is 0 Å². The molecule has 2 unspecified atom stereocenters. The van der Waals surface area contributed by atoms with E-state index in [1.807, 2.05) is 6.07 Å². The summed E-state index contributed by atoms with van der Waals surface area (Å²) in [5.41, 5.74) is 1.70. The van der Waals surface area contributed by atoms with Crippen molar-refractivity contribution in [2.45, 2.75) is 37.5 Å². The van der Waals surface area contributed by atoms with Gasteiger partial charge in [-0.3, -0.25) is 0 Å². The SMILES string of the molecule is N#Cc1nc(C2CC2c2ccccc2)oc1NCCN1CCCCC1. The molecule has 1 aliphatic heterocycles. The van der Waals surface area contributed by atoms with E-state index in [0.717, 1.165) is 19.5 Å². The number of rotatable bonds is 6. The highest BCUT2D eigenvalue weighted by Crippen LogP contribution is 2.54. The molecule has 0 amide bonds. The number of likely N-dealkylation sites (tertiary alicyclic amines) is 1. The maximum atomic E-state index is 9.34. The lowest BCUT2D eigenvalue weighted by Crippen LogP contribution is -2.33. The Morgan fingerprint density at radius 1 is 1.16 bits per heavy atom. The largest absolute Gasteiger partial charge is 0.424 e. The summed E-state index contributed by atoms with van der Waals surface area (Å²) in [6.45, 7) is 4.12. The van der Waals surface area contributed by atoms with Crippen LogP contribution in [0.2, 0.25) is 0 Å². The molecule has 4 rings (SSSR count). The van der Waals surface area contributed by atoms with Crippen molar-refractivity contribution >= 4 is 5.88 Å². The first-order chi connectivity index (χ1) is 12.3. The van der Waals surface area contributed by atoms with E-state index in [2.05, 4.69) is 45.5 Å². The molecule has 5 nitrogen and oxygen atoms in total. The molecule has 5 heteroatoms. The van der Waals surface area contributed by atoms with Gasteiger partial charge in [-0.25, -0.2) is 4.98 Å². The normalized spacial score (nSPS) is 23.2. The highest BCUT2D eigenvalue weighted by atomic mass is 16.4. The maximum Gasteiger partial charge on any atom is 0.232 e. The Bertz CT molecular complexity index is 743. The summed E-state index contributed by atoms with van der Waals surface area (Å²) >= 11 is 0. The summed E-state index contributed by atoms with van der Waals surface area (Å²) in [6.07, 6.45) is 4.97. The highest BCUT2D eigenvalue weighted by molar-refractivity contribution is 5.46. The average Bonchev–Trinajstić information content (AvgIpc) is 3.37. The first kappa shape index (κ1) is 16.2. The Kier molecular flexibility index (Phi) is 4.71. The molecular formula is C20H24N4O. The van der Waals surface area contributed by atoms with Gasteiger partial charge in [0, 0.05) is 19.0 Å². The van der Waals surface area contributed by atoms with Gasteiger partial charge in [-0.2, -0.15) is 5.26 Å². The van der Waals surface area contributed by atoms with E-state index >= 15 is 0 Å². The van der Waals surface area contributed by atoms with Crippen LogP contribution in [0.4, 0.5) is 5.88 Å². The number of nitrogens with zero attached hydrogens (tertiary/aromatic N) is 3. The minimum absolute atomic E-state index is 0.298. The number of hydrogen-bond donors (Lipinski definition) is 1. The molecule has 1 saturated carbocycles. The van der Waals surface area contributed by atoms with Crippen LogP contribution in [0.5, 0.6) is 0 Å². The fourth-order valence-corrected chi connectivity index (χ4v) is 3.74. The molecule has 25 heavy (non-hydrogen) atoms. The van der Waals surface area contributed by atoms with E-state index in [4.69, 9.17) is 4.42 Å². The van der Waals surface area contributed by atoms with Gasteiger partial charge < -0.3 is 14.6 Å². The van der Waals surface area contributed by atoms with Gasteiger partial charge in [0.25, 0.3) is 0 Å². The van der Waals surface area contributed by atoms with E-state index in [0.29, 0.717) is 29.3 Å². The van der Waals surface area contributed by atoms with Gasteiger partial charge >= 0.3 is 0 Å². The molecule has 0 radical (unpaired) electrons. The van der Waals surface area contributed by atoms with E-state index < -0.39 is 0 Å². The van der Waals surface area contributed by atoms with Gasteiger partial charge in [0.2, 0.25) is 17.5 Å². The highest BCUT2D eigenvalue weighted by Gasteiger charge is 2.43. The molecule has 2 aliphatic rings. The molecule has 2 fully saturated rings. The molecule has 2 aromatic rings. The zero-order chi connectivity index (χ0) is 17.1. The maximum absolute atomic E-state index is 9.34. The molecule has 1 aliphatic carbocycles. The number of aromatic nitrogens is 1. The third-order valence-corrected chi connectivity index (χ3v) is 5.25. The molecule has 1 N–H and O–H groups in total. The predicted molar refractivity (Wildman–Crippen MR) is 96.5 cm³/mol. The predicted octanol–water partition coefficient (Wildman–Crippen LogP) is 3.72. The monoisotopic (exact) mass is 336 g/mol. The van der Waals surface area contributed by atoms with Crippen molar-refractivity contribution in [3.8, 4) is 6.07 Å². The molecule has 2 heterocycles. The number of benzene rings is 1. The second-order valence-electron chi connectivity index (χ2n) is 7.03. The first-order valence-corrected chi connectivity index (χ1v) is 9.27. The summed E-state index contributed by atoms with van der Waals surface area (Å²) in [5.74, 6) is 2.00. The molecule has 0 bridgehead atoms. The lowest BCUT2D eigenvalue weighted by atomic mass is 10.1. The van der Waals surface area contributed by atoms with Crippen molar-refractivity contribution < 1.29 is 4.42 Å². The van der Waals surface area contributed by atoms with Crippen molar-refractivity contribution in [1.29, 1.82) is 5.26 Å². The van der Waals surface area contributed by atoms with Crippen LogP contribution in [0.1, 0.15) is 54.7 Å². The fourth-order valence-electron chi connectivity index (χ4n) is 3.74. The first-order valence-electron chi connectivity index (χ1n) is 9.27. The van der Waals surface area contributed by atoms with Gasteiger partial charge in [-0.05, 0) is 43.8 Å². The van der Waals surface area contributed by atoms with Crippen molar-refractivity contribution in [3.05, 3.63) is 47.5 Å². The Morgan fingerprint density at radius 3 is 2.72 bits per heavy atom. The average molecular weight is 336 g/mol. The van der Waals surface area contributed by atoms with Crippen molar-refractivity contribution in [2.75, 3.05) is 31.5 Å². The quantitative estimate of drug-likeness (QED) is 0.871. The number of piperidine rings is 1. The Hall–Kier alpha value is -2.32. The van der Waals surface area contributed by atoms with Crippen LogP contribution in [-0.2, 0) is 0 Å². The second-order valence-corrected chi connectivity index (χ2v) is 7.03. The molecule has 0 spiro atoms. The molecular weight excluding hydrogens is 312 g/mol. The number of nitrogens with one attached hydrogen (secondary N) is 1. The number of oxazole rings is 1. The minimum Gasteiger partial charge on any atom is -0.424 e. The smallest absolute Gasteiger partial charge is 0.232 e. The van der Waals surface area contributed by atoms with Crippen LogP contribution in [0, 0.1) is 11.3 Å². The third-order valence-electron chi connectivity index (χ3n) is 5.25. The van der Waals surface area contributed by atoms with Gasteiger partial charge in [-0.1, -0.05) is 36.8 Å². The zero-order valence-electron chi connectivity index (χ0n) is 14.4. The summed E-state index contributed by atoms with van der Waals surface area (Å²) in [5, 5.41) is 12.6. The fraction of sp³-hybridized carbons (Fsp3) is 0.500. The van der Waals surface area contributed by atoms with Crippen LogP contribution in [0.3, 0.4) is 0 Å². The van der Waals surface area contributed by atoms with E-state index in [1.54, 1.807) is 0 Å². The standard InChI is InChI=1S/C20H24N4O/c21-14-18-20(22-9-12-24-10-5-2-6-11-24)25-19(23-18)17-13-16(17)15-7-3-1-4-8-15/h1,3-4,7-8,16-17,22H,2,5-6,9-13H2. The molecule has 130 valence electrons. The second kappa shape index (κ2) is 7.28. The molecule has 1 saturated heterocycles. The minimum atomic E-state index is 0.298. The van der Waals surface area contributed by atoms with E-state index in [9.17, 15) is 5.26 Å². The van der Waals surface area contributed by atoms with Crippen LogP contribution in [0.25, 0.3) is 0 Å². The Labute approximate surface area is 148 Å². The molecule has 1 aromatic heterocycles. The van der Waals surface area contributed by atoms with Gasteiger partial charge in [0.05, 0.1) is 0 Å². The van der Waals surface area contributed by atoms with Crippen molar-refractivity contribution in [3.63, 3.8) is 0 Å². The zero-order valence-corrected chi connectivity index (χ0v) is 14.4. The lowest BCUT2D eigenvalue weighted by molar-refractivity contribution is 0.236. The Balaban J connectivity index is 1.36. The number of anilines is 1. The van der Waals surface area contributed by atoms with E-state index in [1.165, 1.54) is 37.9 Å². The number of nitriles is 1. The summed E-state index contributed by atoms with van der Waals surface area (Å²) < 4.78 is 5.91. The van der Waals surface area contributed by atoms with E-state index in [-0.39, 0.29) is 0 Å². The molecule has 2 atom stereocenters. The Morgan fingerprint density at radius 2 is 1.96 bits per heavy atom. The van der Waals surface area contributed by atoms with Gasteiger partial charge in [0.1, 0.15) is 6.07 Å². The third kappa shape index (κ3) is 3.69. The topological polar surface area (TPSA) is 65.1 Å². The van der Waals surface area contributed by atoms with Crippen LogP contribution >= 0.6 is 0 Å².